The van der Waals surface area contributed by atoms with Gasteiger partial charge in [-0.05, 0) is 103 Å². The fourth-order valence-corrected chi connectivity index (χ4v) is 9.92. The van der Waals surface area contributed by atoms with E-state index in [1.165, 1.54) is 49.3 Å². The Morgan fingerprint density at radius 1 is 0.458 bits per heavy atom. The first-order chi connectivity index (χ1) is 29.2. The van der Waals surface area contributed by atoms with Crippen molar-refractivity contribution in [3.05, 3.63) is 240 Å². The number of para-hydroxylation sites is 4. The molecule has 1 aliphatic rings. The molecule has 0 aliphatic carbocycles. The molecule has 0 bridgehead atoms. The summed E-state index contributed by atoms with van der Waals surface area (Å²) in [6, 6.07) is 72.7. The van der Waals surface area contributed by atoms with Crippen LogP contribution in [0.1, 0.15) is 23.6 Å². The first kappa shape index (κ1) is 34.5. The molecule has 10 aromatic rings. The van der Waals surface area contributed by atoms with Crippen molar-refractivity contribution in [3.63, 3.8) is 0 Å². The predicted octanol–water partition coefficient (Wildman–Crippen LogP) is 13.9. The molecule has 1 aliphatic heterocycles. The van der Waals surface area contributed by atoms with E-state index in [1.54, 1.807) is 0 Å². The van der Waals surface area contributed by atoms with Gasteiger partial charge in [0.2, 0.25) is 0 Å². The Kier molecular flexibility index (Phi) is 8.05. The zero-order valence-corrected chi connectivity index (χ0v) is 32.7. The Balaban J connectivity index is 1.13. The molecule has 0 fully saturated rings. The minimum absolute atomic E-state index is 0.598. The van der Waals surface area contributed by atoms with E-state index in [9.17, 15) is 0 Å². The van der Waals surface area contributed by atoms with Crippen LogP contribution in [0.3, 0.4) is 0 Å². The zero-order chi connectivity index (χ0) is 39.5. The number of hydrogen-bond donors (Lipinski definition) is 0. The van der Waals surface area contributed by atoms with Crippen molar-refractivity contribution in [1.29, 1.82) is 0 Å². The lowest BCUT2D eigenvalue weighted by Crippen LogP contribution is -2.39. The van der Waals surface area contributed by atoms with E-state index in [1.807, 2.05) is 6.20 Å². The van der Waals surface area contributed by atoms with Gasteiger partial charge in [0.25, 0.3) is 0 Å². The van der Waals surface area contributed by atoms with Crippen LogP contribution in [0.5, 0.6) is 0 Å². The maximum absolute atomic E-state index is 4.24. The normalized spacial score (nSPS) is 13.9. The molecule has 4 heteroatoms. The van der Waals surface area contributed by atoms with Crippen LogP contribution < -0.4 is 4.90 Å². The number of anilines is 2. The molecule has 0 atom stereocenters. The number of aliphatic imine (C=N–C) groups is 1. The highest BCUT2D eigenvalue weighted by Crippen LogP contribution is 2.55. The molecular formula is C55H40N4. The first-order valence-corrected chi connectivity index (χ1v) is 20.1. The van der Waals surface area contributed by atoms with Crippen molar-refractivity contribution in [2.75, 3.05) is 4.90 Å². The van der Waals surface area contributed by atoms with E-state index in [0.29, 0.717) is 0 Å². The highest BCUT2D eigenvalue weighted by Gasteiger charge is 2.46. The monoisotopic (exact) mass is 756 g/mol. The van der Waals surface area contributed by atoms with E-state index >= 15 is 0 Å². The number of rotatable bonds is 7. The molecule has 8 aromatic carbocycles. The molecule has 0 saturated heterocycles. The molecule has 0 N–H and O–H groups in total. The number of nitrogens with zero attached hydrogens (tertiary/aromatic N) is 4. The number of benzene rings is 8. The quantitative estimate of drug-likeness (QED) is 0.149. The summed E-state index contributed by atoms with van der Waals surface area (Å²) in [6.07, 6.45) is 3.98. The van der Waals surface area contributed by atoms with E-state index in [4.69, 9.17) is 0 Å². The molecule has 0 unspecified atom stereocenters. The van der Waals surface area contributed by atoms with Crippen LogP contribution in [0.2, 0.25) is 0 Å². The van der Waals surface area contributed by atoms with Crippen molar-refractivity contribution in [2.45, 2.75) is 12.3 Å². The van der Waals surface area contributed by atoms with Crippen molar-refractivity contribution >= 4 is 61.7 Å². The summed E-state index contributed by atoms with van der Waals surface area (Å²) < 4.78 is 4.82. The molecular weight excluding hydrogens is 717 g/mol. The fraction of sp³-hybridized carbons (Fsp3) is 0.0364. The van der Waals surface area contributed by atoms with Gasteiger partial charge in [0, 0.05) is 50.5 Å². The van der Waals surface area contributed by atoms with Gasteiger partial charge in [-0.2, -0.15) is 0 Å². The first-order valence-electron chi connectivity index (χ1n) is 20.1. The lowest BCUT2D eigenvalue weighted by atomic mass is 9.62. The lowest BCUT2D eigenvalue weighted by molar-refractivity contribution is 0.711. The summed E-state index contributed by atoms with van der Waals surface area (Å²) in [5, 5.41) is 4.95. The van der Waals surface area contributed by atoms with Crippen molar-refractivity contribution in [2.24, 2.45) is 4.99 Å². The molecule has 0 amide bonds. The third kappa shape index (κ3) is 5.13. The second-order valence-corrected chi connectivity index (χ2v) is 15.3. The highest BCUT2D eigenvalue weighted by atomic mass is 15.2. The Morgan fingerprint density at radius 3 is 1.56 bits per heavy atom. The van der Waals surface area contributed by atoms with Crippen LogP contribution in [-0.2, 0) is 5.41 Å². The maximum atomic E-state index is 4.24. The largest absolute Gasteiger partial charge is 0.314 e. The van der Waals surface area contributed by atoms with Gasteiger partial charge in [-0.3, -0.25) is 4.99 Å². The van der Waals surface area contributed by atoms with E-state index in [2.05, 4.69) is 239 Å². The average Bonchev–Trinajstić information content (AvgIpc) is 3.81. The Morgan fingerprint density at radius 2 is 0.949 bits per heavy atom. The Labute approximate surface area is 343 Å². The fourth-order valence-electron chi connectivity index (χ4n) is 9.92. The minimum Gasteiger partial charge on any atom is -0.314 e. The second-order valence-electron chi connectivity index (χ2n) is 15.3. The van der Waals surface area contributed by atoms with Crippen LogP contribution in [0.25, 0.3) is 55.0 Å². The van der Waals surface area contributed by atoms with E-state index in [-0.39, 0.29) is 0 Å². The van der Waals surface area contributed by atoms with Gasteiger partial charge in [-0.1, -0.05) is 140 Å². The molecule has 280 valence electrons. The van der Waals surface area contributed by atoms with Gasteiger partial charge in [0.05, 0.1) is 33.2 Å². The Bertz CT molecular complexity index is 3220. The van der Waals surface area contributed by atoms with Gasteiger partial charge in [-0.25, -0.2) is 0 Å². The third-order valence-corrected chi connectivity index (χ3v) is 12.3. The summed E-state index contributed by atoms with van der Waals surface area (Å²) >= 11 is 0. The van der Waals surface area contributed by atoms with Crippen LogP contribution in [-0.4, -0.2) is 15.9 Å². The lowest BCUT2D eigenvalue weighted by Gasteiger charge is -2.46. The number of fused-ring (bicyclic) bond motifs is 7. The van der Waals surface area contributed by atoms with E-state index in [0.717, 1.165) is 45.1 Å². The standard InChI is InChI=1S/C55H40N4/c1-38-48(34-35-56-2)55(39-18-5-3-6-19-39,40-20-7-4-8-21-40)49-27-12-16-31-54(49)57(38)41-22-17-23-42(36-41)58-52-30-15-11-26-46(52)47-37-43(32-33-53(47)58)59-50-28-13-9-24-44(50)45-25-10-14-29-51(45)59/h3-37H,2H2,1H3/b35-34-. The van der Waals surface area contributed by atoms with Crippen LogP contribution in [0.4, 0.5) is 11.4 Å². The highest BCUT2D eigenvalue weighted by molar-refractivity contribution is 6.12. The third-order valence-electron chi connectivity index (χ3n) is 12.3. The summed E-state index contributed by atoms with van der Waals surface area (Å²) in [5.41, 5.74) is 14.4. The number of aromatic nitrogens is 2. The molecule has 0 radical (unpaired) electrons. The zero-order valence-electron chi connectivity index (χ0n) is 32.7. The van der Waals surface area contributed by atoms with Crippen LogP contribution in [0.15, 0.2) is 229 Å². The summed E-state index contributed by atoms with van der Waals surface area (Å²) in [7, 11) is 0. The van der Waals surface area contributed by atoms with Crippen molar-refractivity contribution in [1.82, 2.24) is 9.13 Å². The molecule has 2 aromatic heterocycles. The molecule has 59 heavy (non-hydrogen) atoms. The SMILES string of the molecule is C=N/C=C\C1=C(C)N(c2cccc(-n3c4ccccc4c4cc(-n5c6ccccc6c6ccccc65)ccc43)c2)c2ccccc2C1(c1ccccc1)c1ccccc1. The van der Waals surface area contributed by atoms with Crippen LogP contribution >= 0.6 is 0 Å². The predicted molar refractivity (Wildman–Crippen MR) is 248 cm³/mol. The van der Waals surface area contributed by atoms with Crippen molar-refractivity contribution in [3.8, 4) is 11.4 Å². The summed E-state index contributed by atoms with van der Waals surface area (Å²) in [6.45, 7) is 6.08. The minimum atomic E-state index is -0.598. The second kappa shape index (κ2) is 13.8. The smallest absolute Gasteiger partial charge is 0.0739 e. The summed E-state index contributed by atoms with van der Waals surface area (Å²) in [5.74, 6) is 0. The van der Waals surface area contributed by atoms with Gasteiger partial charge in [-0.15, -0.1) is 0 Å². The van der Waals surface area contributed by atoms with E-state index < -0.39 is 5.41 Å². The van der Waals surface area contributed by atoms with Gasteiger partial charge in [0.1, 0.15) is 0 Å². The molecule has 3 heterocycles. The maximum Gasteiger partial charge on any atom is 0.0739 e. The van der Waals surface area contributed by atoms with Gasteiger partial charge in [0.15, 0.2) is 0 Å². The van der Waals surface area contributed by atoms with Gasteiger partial charge >= 0.3 is 0 Å². The molecule has 0 saturated carbocycles. The molecule has 11 rings (SSSR count). The summed E-state index contributed by atoms with van der Waals surface area (Å²) in [4.78, 5) is 6.66. The van der Waals surface area contributed by atoms with Gasteiger partial charge < -0.3 is 14.0 Å². The molecule has 4 nitrogen and oxygen atoms in total. The Hall–Kier alpha value is -7.69. The number of allylic oxidation sites excluding steroid dienone is 3. The van der Waals surface area contributed by atoms with Crippen molar-refractivity contribution < 1.29 is 0 Å². The van der Waals surface area contributed by atoms with Crippen LogP contribution in [0, 0.1) is 0 Å². The molecule has 0 spiro atoms. The average molecular weight is 757 g/mol. The number of hydrogen-bond acceptors (Lipinski definition) is 2. The topological polar surface area (TPSA) is 25.5 Å².